The molecule has 0 radical (unpaired) electrons. The maximum Gasteiger partial charge on any atom is 0.159 e. The average Bonchev–Trinajstić information content (AvgIpc) is 2.64. The van der Waals surface area contributed by atoms with Gasteiger partial charge in [-0.3, -0.25) is 4.79 Å². The van der Waals surface area contributed by atoms with Gasteiger partial charge >= 0.3 is 0 Å². The lowest BCUT2D eigenvalue weighted by molar-refractivity contribution is -0.118. The molecule has 1 heteroatoms. The smallest absolute Gasteiger partial charge is 0.159 e. The molecule has 0 saturated heterocycles. The Kier molecular flexibility index (Phi) is 1.05. The molecule has 0 aromatic carbocycles. The van der Waals surface area contributed by atoms with Crippen LogP contribution in [0.2, 0.25) is 0 Å². The van der Waals surface area contributed by atoms with Crippen LogP contribution in [0.4, 0.5) is 0 Å². The summed E-state index contributed by atoms with van der Waals surface area (Å²) < 4.78 is 0. The van der Waals surface area contributed by atoms with Gasteiger partial charge in [-0.2, -0.15) is 0 Å². The first kappa shape index (κ1) is 6.64. The van der Waals surface area contributed by atoms with Gasteiger partial charge in [0.15, 0.2) is 5.78 Å². The molecule has 4 atom stereocenters. The Hall–Kier alpha value is -0.850. The zero-order chi connectivity index (χ0) is 8.29. The summed E-state index contributed by atoms with van der Waals surface area (Å²) in [7, 11) is 0. The Morgan fingerprint density at radius 3 is 2.58 bits per heavy atom. The van der Waals surface area contributed by atoms with Crippen molar-refractivity contribution in [2.75, 3.05) is 0 Å². The summed E-state index contributed by atoms with van der Waals surface area (Å²) in [5.41, 5.74) is 1.32. The van der Waals surface area contributed by atoms with Gasteiger partial charge in [-0.05, 0) is 37.2 Å². The molecule has 12 heavy (non-hydrogen) atoms. The predicted molar refractivity (Wildman–Crippen MR) is 46.5 cm³/mol. The van der Waals surface area contributed by atoms with Crippen LogP contribution in [0.3, 0.4) is 0 Å². The van der Waals surface area contributed by atoms with Gasteiger partial charge in [-0.15, -0.1) is 0 Å². The molecule has 3 aliphatic carbocycles. The van der Waals surface area contributed by atoms with Crippen LogP contribution in [-0.2, 0) is 4.79 Å². The van der Waals surface area contributed by atoms with E-state index in [1.165, 1.54) is 12.0 Å². The first-order chi connectivity index (χ1) is 5.77. The third-order valence-electron chi connectivity index (χ3n) is 3.68. The fourth-order valence-corrected chi connectivity index (χ4v) is 3.25. The van der Waals surface area contributed by atoms with E-state index in [1.807, 2.05) is 6.08 Å². The fourth-order valence-electron chi connectivity index (χ4n) is 3.25. The minimum atomic E-state index is 0.333. The molecule has 62 valence electrons. The van der Waals surface area contributed by atoms with Crippen LogP contribution in [0, 0.1) is 23.7 Å². The highest BCUT2D eigenvalue weighted by molar-refractivity contribution is 5.96. The van der Waals surface area contributed by atoms with Crippen LogP contribution in [0.15, 0.2) is 23.8 Å². The highest BCUT2D eigenvalue weighted by Crippen LogP contribution is 2.53. The molecule has 3 rings (SSSR count). The van der Waals surface area contributed by atoms with E-state index in [0.29, 0.717) is 29.5 Å². The van der Waals surface area contributed by atoms with Crippen molar-refractivity contribution in [3.05, 3.63) is 23.8 Å². The van der Waals surface area contributed by atoms with Crippen molar-refractivity contribution in [3.8, 4) is 0 Å². The molecule has 0 spiro atoms. The Morgan fingerprint density at radius 2 is 1.92 bits per heavy atom. The Morgan fingerprint density at radius 1 is 1.25 bits per heavy atom. The number of ketones is 1. The highest BCUT2D eigenvalue weighted by Gasteiger charge is 2.50. The Bertz CT molecular complexity index is 311. The van der Waals surface area contributed by atoms with Crippen molar-refractivity contribution in [3.63, 3.8) is 0 Å². The van der Waals surface area contributed by atoms with Crippen molar-refractivity contribution in [1.29, 1.82) is 0 Å². The predicted octanol–water partition coefficient (Wildman–Crippen LogP) is 1.95. The molecule has 1 fully saturated rings. The average molecular weight is 160 g/mol. The van der Waals surface area contributed by atoms with Crippen LogP contribution in [0.25, 0.3) is 0 Å². The van der Waals surface area contributed by atoms with Crippen molar-refractivity contribution >= 4 is 5.78 Å². The maximum absolute atomic E-state index is 11.5. The molecule has 0 N–H and O–H groups in total. The summed E-state index contributed by atoms with van der Waals surface area (Å²) in [6, 6.07) is 0. The molecule has 2 bridgehead atoms. The van der Waals surface area contributed by atoms with Gasteiger partial charge in [0.1, 0.15) is 0 Å². The van der Waals surface area contributed by atoms with Gasteiger partial charge < -0.3 is 0 Å². The Balaban J connectivity index is 2.09. The van der Waals surface area contributed by atoms with Crippen LogP contribution < -0.4 is 0 Å². The number of carbonyl (C=O) groups excluding carboxylic acids is 1. The zero-order valence-corrected chi connectivity index (χ0v) is 7.16. The molecular weight excluding hydrogens is 148 g/mol. The third kappa shape index (κ3) is 0.588. The molecule has 0 unspecified atom stereocenters. The van der Waals surface area contributed by atoms with E-state index in [0.717, 1.165) is 0 Å². The topological polar surface area (TPSA) is 17.1 Å². The number of allylic oxidation sites excluding steroid dienone is 4. The molecule has 0 aromatic rings. The fraction of sp³-hybridized carbons (Fsp3) is 0.545. The van der Waals surface area contributed by atoms with Gasteiger partial charge in [0.05, 0.1) is 0 Å². The number of fused-ring (bicyclic) bond motifs is 5. The number of rotatable bonds is 0. The van der Waals surface area contributed by atoms with Crippen molar-refractivity contribution in [1.82, 2.24) is 0 Å². The van der Waals surface area contributed by atoms with Crippen molar-refractivity contribution in [2.45, 2.75) is 13.3 Å². The quantitative estimate of drug-likeness (QED) is 0.495. The van der Waals surface area contributed by atoms with Crippen LogP contribution >= 0.6 is 0 Å². The van der Waals surface area contributed by atoms with Crippen molar-refractivity contribution < 1.29 is 4.79 Å². The number of carbonyl (C=O) groups is 1. The standard InChI is InChI=1S/C11H12O/c1-6-4-9(12)11-8-3-2-7(5-8)10(6)11/h2-4,7-8,10-11H,5H2,1H3/t7-,8+,10-,11-/m0/s1. The normalized spacial score (nSPS) is 48.4. The number of hydrogen-bond donors (Lipinski definition) is 0. The van der Waals surface area contributed by atoms with Gasteiger partial charge in [-0.25, -0.2) is 0 Å². The lowest BCUT2D eigenvalue weighted by Gasteiger charge is -2.20. The summed E-state index contributed by atoms with van der Waals surface area (Å²) >= 11 is 0. The minimum absolute atomic E-state index is 0.333. The third-order valence-corrected chi connectivity index (χ3v) is 3.68. The molecule has 1 nitrogen and oxygen atoms in total. The van der Waals surface area contributed by atoms with Crippen LogP contribution in [0.1, 0.15) is 13.3 Å². The SMILES string of the molecule is CC1=CC(=O)[C@H]2[C@@H]1[C@H]1C=C[C@@H]2C1. The van der Waals surface area contributed by atoms with E-state index in [1.54, 1.807) is 0 Å². The van der Waals surface area contributed by atoms with E-state index < -0.39 is 0 Å². The van der Waals surface area contributed by atoms with E-state index in [9.17, 15) is 4.79 Å². The second kappa shape index (κ2) is 1.90. The largest absolute Gasteiger partial charge is 0.295 e. The van der Waals surface area contributed by atoms with Crippen LogP contribution in [-0.4, -0.2) is 5.78 Å². The maximum atomic E-state index is 11.5. The zero-order valence-electron chi connectivity index (χ0n) is 7.16. The summed E-state index contributed by atoms with van der Waals surface area (Å²) in [5, 5.41) is 0. The first-order valence-corrected chi connectivity index (χ1v) is 4.68. The summed E-state index contributed by atoms with van der Waals surface area (Å²) in [5.74, 6) is 2.55. The molecule has 0 amide bonds. The lowest BCUT2D eigenvalue weighted by atomic mass is 9.82. The summed E-state index contributed by atoms with van der Waals surface area (Å²) in [6.07, 6.45) is 7.64. The highest BCUT2D eigenvalue weighted by atomic mass is 16.1. The lowest BCUT2D eigenvalue weighted by Crippen LogP contribution is -2.20. The van der Waals surface area contributed by atoms with E-state index in [4.69, 9.17) is 0 Å². The summed E-state index contributed by atoms with van der Waals surface area (Å²) in [4.78, 5) is 11.5. The molecule has 0 heterocycles. The second-order valence-electron chi connectivity index (χ2n) is 4.29. The monoisotopic (exact) mass is 160 g/mol. The van der Waals surface area contributed by atoms with E-state index in [-0.39, 0.29) is 0 Å². The van der Waals surface area contributed by atoms with Gasteiger partial charge in [0.25, 0.3) is 0 Å². The van der Waals surface area contributed by atoms with E-state index in [2.05, 4.69) is 19.1 Å². The molecular formula is C11H12O. The molecule has 1 saturated carbocycles. The van der Waals surface area contributed by atoms with Gasteiger partial charge in [-0.1, -0.05) is 17.7 Å². The second-order valence-corrected chi connectivity index (χ2v) is 4.29. The van der Waals surface area contributed by atoms with E-state index >= 15 is 0 Å². The molecule has 3 aliphatic rings. The van der Waals surface area contributed by atoms with Crippen molar-refractivity contribution in [2.24, 2.45) is 23.7 Å². The first-order valence-electron chi connectivity index (χ1n) is 4.68. The van der Waals surface area contributed by atoms with Crippen LogP contribution in [0.5, 0.6) is 0 Å². The summed E-state index contributed by atoms with van der Waals surface area (Å²) in [6.45, 7) is 2.11. The molecule has 0 aromatic heterocycles. The van der Waals surface area contributed by atoms with Gasteiger partial charge in [0.2, 0.25) is 0 Å². The Labute approximate surface area is 72.2 Å². The number of hydrogen-bond acceptors (Lipinski definition) is 1. The molecule has 0 aliphatic heterocycles. The minimum Gasteiger partial charge on any atom is -0.295 e. The van der Waals surface area contributed by atoms with Gasteiger partial charge in [0, 0.05) is 5.92 Å².